The van der Waals surface area contributed by atoms with E-state index >= 15 is 0 Å². The van der Waals surface area contributed by atoms with E-state index in [1.807, 2.05) is 0 Å². The second-order valence-electron chi connectivity index (χ2n) is 14.4. The molecule has 0 N–H and O–H groups in total. The third-order valence-corrected chi connectivity index (χ3v) is 10.7. The van der Waals surface area contributed by atoms with Gasteiger partial charge in [0.2, 0.25) is 0 Å². The van der Waals surface area contributed by atoms with Gasteiger partial charge in [0.15, 0.2) is 0 Å². The first-order valence-electron chi connectivity index (χ1n) is 21.2. The molecule has 0 aromatic rings. The van der Waals surface area contributed by atoms with Crippen LogP contribution in [-0.2, 0) is 14.4 Å². The van der Waals surface area contributed by atoms with Gasteiger partial charge < -0.3 is 29.7 Å². The zero-order valence-corrected chi connectivity index (χ0v) is 39.0. The van der Waals surface area contributed by atoms with Gasteiger partial charge in [-0.15, -0.1) is 0 Å². The van der Waals surface area contributed by atoms with Crippen LogP contribution in [0, 0.1) is 0 Å². The van der Waals surface area contributed by atoms with Crippen LogP contribution in [0.15, 0.2) is 0 Å². The second kappa shape index (κ2) is 49.3. The predicted molar refractivity (Wildman–Crippen MR) is 228 cm³/mol. The first-order valence-corrected chi connectivity index (χ1v) is 22.8. The number of aliphatic carboxylic acids is 3. The fourth-order valence-electron chi connectivity index (χ4n) is 5.83. The summed E-state index contributed by atoms with van der Waals surface area (Å²) in [5, 5.41) is 29.5. The molecule has 0 bridgehead atoms. The van der Waals surface area contributed by atoms with Crippen LogP contribution in [0.1, 0.15) is 233 Å². The molecule has 0 saturated carbocycles. The van der Waals surface area contributed by atoms with Gasteiger partial charge >= 0.3 is 24.4 Å². The molecule has 0 fully saturated rings. The Balaban J connectivity index is -0.000000329. The first kappa shape index (κ1) is 59.0. The van der Waals surface area contributed by atoms with E-state index in [4.69, 9.17) is 0 Å². The zero-order chi connectivity index (χ0) is 38.8. The van der Waals surface area contributed by atoms with Gasteiger partial charge in [-0.3, -0.25) is 0 Å². The van der Waals surface area contributed by atoms with Crippen molar-refractivity contribution in [3.63, 3.8) is 0 Å². The van der Waals surface area contributed by atoms with Crippen LogP contribution in [0.5, 0.6) is 0 Å². The van der Waals surface area contributed by atoms with Gasteiger partial charge in [-0.05, 0) is 19.3 Å². The van der Waals surface area contributed by atoms with E-state index in [2.05, 4.69) is 58.7 Å². The van der Waals surface area contributed by atoms with Gasteiger partial charge in [-0.1, -0.05) is 213 Å². The minimum Gasteiger partial charge on any atom is -0.549 e. The van der Waals surface area contributed by atoms with E-state index < -0.39 is 33.7 Å². The number of hydrogen-bond donors (Lipinski definition) is 3. The number of rotatable bonds is 36. The number of unbranched alkanes of at least 4 members (excludes halogenated alkanes) is 27. The van der Waals surface area contributed by atoms with E-state index in [0.29, 0.717) is 19.3 Å². The summed E-state index contributed by atoms with van der Waals surface area (Å²) in [6, 6.07) is 0. The van der Waals surface area contributed by atoms with Crippen molar-refractivity contribution in [2.24, 2.45) is 0 Å². The molecule has 2 radical (unpaired) electrons. The topological polar surface area (TPSA) is 120 Å². The number of carbonyl (C=O) groups excluding carboxylic acids is 3. The van der Waals surface area contributed by atoms with E-state index in [1.54, 1.807) is 0 Å². The maximum Gasteiger partial charge on any atom is 3.00 e. The quantitative estimate of drug-likeness (QED) is 0.0328. The minimum absolute atomic E-state index is 0. The molecule has 0 aliphatic carbocycles. The Labute approximate surface area is 356 Å². The summed E-state index contributed by atoms with van der Waals surface area (Å²) >= 11 is 11.9. The van der Waals surface area contributed by atoms with Gasteiger partial charge in [-0.25, -0.2) is 0 Å². The Bertz CT molecular complexity index is 651. The van der Waals surface area contributed by atoms with Crippen LogP contribution in [0.2, 0.25) is 0 Å². The molecule has 6 nitrogen and oxygen atoms in total. The van der Waals surface area contributed by atoms with Crippen molar-refractivity contribution in [3.8, 4) is 0 Å². The van der Waals surface area contributed by atoms with E-state index in [1.165, 1.54) is 154 Å². The van der Waals surface area contributed by atoms with Crippen molar-refractivity contribution >= 4 is 80.2 Å². The smallest absolute Gasteiger partial charge is 0.549 e. The van der Waals surface area contributed by atoms with Crippen LogP contribution in [-0.4, -0.2) is 58.1 Å². The van der Waals surface area contributed by atoms with Crippen LogP contribution < -0.4 is 15.3 Å². The summed E-state index contributed by atoms with van der Waals surface area (Å²) in [5.41, 5.74) is 0. The number of thiol groups is 3. The summed E-state index contributed by atoms with van der Waals surface area (Å²) in [7, 11) is 0. The van der Waals surface area contributed by atoms with Crippen LogP contribution >= 0.6 is 37.9 Å². The maximum atomic E-state index is 10.4. The fourth-order valence-corrected chi connectivity index (χ4v) is 6.38. The Morgan fingerprint density at radius 3 is 0.596 bits per heavy atom. The van der Waals surface area contributed by atoms with Crippen molar-refractivity contribution in [1.29, 1.82) is 0 Å². The third-order valence-electron chi connectivity index (χ3n) is 9.31. The molecule has 0 saturated heterocycles. The summed E-state index contributed by atoms with van der Waals surface area (Å²) in [5.74, 6) is -3.11. The molecule has 0 heterocycles. The Hall–Kier alpha value is 0.278. The first-order chi connectivity index (χ1) is 24.5. The van der Waals surface area contributed by atoms with Crippen LogP contribution in [0.4, 0.5) is 0 Å². The van der Waals surface area contributed by atoms with E-state index in [9.17, 15) is 29.7 Å². The van der Waals surface area contributed by atoms with Crippen molar-refractivity contribution in [2.45, 2.75) is 248 Å². The summed E-state index contributed by atoms with van der Waals surface area (Å²) in [6.45, 7) is 6.71. The average molecular weight is 900 g/mol. The van der Waals surface area contributed by atoms with Gasteiger partial charge in [0.25, 0.3) is 0 Å². The number of hydrogen-bond acceptors (Lipinski definition) is 9. The maximum absolute atomic E-state index is 10.4. The minimum atomic E-state index is -1.04. The van der Waals surface area contributed by atoms with Crippen LogP contribution in [0.25, 0.3) is 0 Å². The molecule has 308 valence electrons. The molecule has 0 rings (SSSR count). The number of carboxylic acids is 3. The summed E-state index contributed by atoms with van der Waals surface area (Å²) < 4.78 is 0. The Kier molecular flexibility index (Phi) is 55.9. The predicted octanol–water partition coefficient (Wildman–Crippen LogP) is 9.66. The SMILES string of the molecule is CCCCCCCCCCCCC(S)C(=O)[O-].CCCCCCCCCCCCC(S)C(=O)[O-].CCCCCCCCCCCCC(S)C(=O)[O-].[Sb+3]. The molecule has 0 aromatic carbocycles. The van der Waals surface area contributed by atoms with Crippen molar-refractivity contribution < 1.29 is 29.7 Å². The molecule has 52 heavy (non-hydrogen) atoms. The molecule has 0 amide bonds. The van der Waals surface area contributed by atoms with Gasteiger partial charge in [0, 0.05) is 15.7 Å². The molecule has 0 aliphatic heterocycles. The van der Waals surface area contributed by atoms with Gasteiger partial charge in [-0.2, -0.15) is 37.9 Å². The van der Waals surface area contributed by atoms with Gasteiger partial charge in [0.1, 0.15) is 0 Å². The third kappa shape index (κ3) is 52.4. The Morgan fingerprint density at radius 1 is 0.327 bits per heavy atom. The summed E-state index contributed by atoms with van der Waals surface area (Å²) in [4.78, 5) is 31.2. The number of carbonyl (C=O) groups is 3. The molecule has 0 aromatic heterocycles. The second-order valence-corrected chi connectivity index (χ2v) is 16.3. The molecule has 0 aliphatic rings. The summed E-state index contributed by atoms with van der Waals surface area (Å²) in [6.07, 6.45) is 40.0. The number of carboxylic acid groups (broad SMARTS) is 3. The average Bonchev–Trinajstić information content (AvgIpc) is 3.10. The van der Waals surface area contributed by atoms with Crippen molar-refractivity contribution in [2.75, 3.05) is 0 Å². The van der Waals surface area contributed by atoms with Crippen LogP contribution in [0.3, 0.4) is 0 Å². The van der Waals surface area contributed by atoms with Crippen molar-refractivity contribution in [3.05, 3.63) is 0 Å². The molecular formula is C42H81O6S3Sb. The molecule has 3 atom stereocenters. The fraction of sp³-hybridized carbons (Fsp3) is 0.929. The molecular weight excluding hydrogens is 818 g/mol. The van der Waals surface area contributed by atoms with E-state index in [-0.39, 0.29) is 24.4 Å². The molecule has 3 unspecified atom stereocenters. The van der Waals surface area contributed by atoms with Crippen molar-refractivity contribution in [1.82, 2.24) is 0 Å². The van der Waals surface area contributed by atoms with Gasteiger partial charge in [0.05, 0.1) is 17.9 Å². The van der Waals surface area contributed by atoms with E-state index in [0.717, 1.165) is 38.5 Å². The standard InChI is InChI=1S/3C14H28O2S.Sb/c3*1-2-3-4-5-6-7-8-9-10-11-12-13(17)14(15)16;/h3*13,17H,2-12H2,1H3,(H,15,16);/q;;;+3/p-3. The molecule has 10 heteroatoms. The largest absolute Gasteiger partial charge is 3.00 e. The molecule has 0 spiro atoms. The monoisotopic (exact) mass is 898 g/mol. The zero-order valence-electron chi connectivity index (χ0n) is 33.8. The Morgan fingerprint density at radius 2 is 0.462 bits per heavy atom. The normalized spacial score (nSPS) is 12.3.